The summed E-state index contributed by atoms with van der Waals surface area (Å²) in [6, 6.07) is 63.0. The lowest BCUT2D eigenvalue weighted by atomic mass is 10.00. The summed E-state index contributed by atoms with van der Waals surface area (Å²) in [6.07, 6.45) is 0. The molecule has 0 radical (unpaired) electrons. The second-order valence-electron chi connectivity index (χ2n) is 14.9. The molecule has 0 amide bonds. The number of furan rings is 1. The highest BCUT2D eigenvalue weighted by molar-refractivity contribution is 7.26. The second kappa shape index (κ2) is 11.6. The first-order valence-electron chi connectivity index (χ1n) is 19.2. The van der Waals surface area contributed by atoms with Crippen molar-refractivity contribution in [3.05, 3.63) is 176 Å². The van der Waals surface area contributed by atoms with Crippen LogP contribution in [0.1, 0.15) is 0 Å². The molecule has 0 saturated carbocycles. The van der Waals surface area contributed by atoms with Gasteiger partial charge in [0.05, 0.1) is 22.2 Å². The van der Waals surface area contributed by atoms with Crippen molar-refractivity contribution in [2.75, 3.05) is 0 Å². The molecule has 5 heteroatoms. The Bertz CT molecular complexity index is 3740. The fourth-order valence-corrected chi connectivity index (χ4v) is 10.5. The van der Waals surface area contributed by atoms with E-state index < -0.39 is 0 Å². The zero-order valence-electron chi connectivity index (χ0n) is 30.4. The van der Waals surface area contributed by atoms with Crippen LogP contribution in [0.2, 0.25) is 0 Å². The monoisotopic (exact) mass is 743 g/mol. The predicted octanol–water partition coefficient (Wildman–Crippen LogP) is 14.6. The average Bonchev–Trinajstić information content (AvgIpc) is 3.96. The van der Waals surface area contributed by atoms with E-state index in [1.54, 1.807) is 11.3 Å². The molecule has 0 unspecified atom stereocenters. The predicted molar refractivity (Wildman–Crippen MR) is 240 cm³/mol. The van der Waals surface area contributed by atoms with E-state index in [9.17, 15) is 0 Å². The van der Waals surface area contributed by atoms with E-state index in [1.165, 1.54) is 63.5 Å². The summed E-state index contributed by atoms with van der Waals surface area (Å²) in [4.78, 5) is 10.9. The molecule has 264 valence electrons. The van der Waals surface area contributed by atoms with Crippen LogP contribution in [-0.2, 0) is 0 Å². The van der Waals surface area contributed by atoms with Crippen LogP contribution in [0.5, 0.6) is 0 Å². The molecule has 4 heterocycles. The number of hydrogen-bond acceptors (Lipinski definition) is 4. The fourth-order valence-electron chi connectivity index (χ4n) is 9.27. The number of aromatic nitrogens is 3. The Kier molecular flexibility index (Phi) is 6.29. The molecule has 0 aliphatic carbocycles. The topological polar surface area (TPSA) is 43.9 Å². The third-order valence-electron chi connectivity index (χ3n) is 11.8. The molecule has 0 fully saturated rings. The Morgan fingerprint density at radius 1 is 0.456 bits per heavy atom. The molecule has 13 rings (SSSR count). The number of thiophene rings is 1. The maximum absolute atomic E-state index is 6.59. The molecule has 9 aromatic carbocycles. The summed E-state index contributed by atoms with van der Waals surface area (Å²) in [5, 5.41) is 13.1. The molecule has 4 nitrogen and oxygen atoms in total. The van der Waals surface area contributed by atoms with Gasteiger partial charge in [-0.1, -0.05) is 127 Å². The fraction of sp³-hybridized carbons (Fsp3) is 0. The molecule has 0 bridgehead atoms. The van der Waals surface area contributed by atoms with E-state index in [1.807, 2.05) is 12.1 Å². The molecule has 0 aliphatic rings. The zero-order valence-corrected chi connectivity index (χ0v) is 31.2. The number of fused-ring (bicyclic) bond motifs is 14. The number of nitrogens with zero attached hydrogens (tertiary/aromatic N) is 3. The first-order valence-corrected chi connectivity index (χ1v) is 20.1. The maximum Gasteiger partial charge on any atom is 0.161 e. The van der Waals surface area contributed by atoms with Gasteiger partial charge in [0.2, 0.25) is 0 Å². The van der Waals surface area contributed by atoms with Crippen LogP contribution in [0, 0.1) is 0 Å². The molecular formula is C52H29N3OS. The number of para-hydroxylation sites is 3. The van der Waals surface area contributed by atoms with Crippen LogP contribution in [-0.4, -0.2) is 14.5 Å². The molecule has 13 aromatic rings. The van der Waals surface area contributed by atoms with Gasteiger partial charge in [-0.15, -0.1) is 11.3 Å². The summed E-state index contributed by atoms with van der Waals surface area (Å²) in [5.74, 6) is 0.687. The van der Waals surface area contributed by atoms with E-state index in [0.717, 1.165) is 55.3 Å². The van der Waals surface area contributed by atoms with Gasteiger partial charge in [-0.05, 0) is 70.1 Å². The van der Waals surface area contributed by atoms with Crippen molar-refractivity contribution in [1.82, 2.24) is 14.5 Å². The van der Waals surface area contributed by atoms with E-state index in [-0.39, 0.29) is 0 Å². The van der Waals surface area contributed by atoms with Crippen LogP contribution in [0.3, 0.4) is 0 Å². The Morgan fingerprint density at radius 3 is 1.86 bits per heavy atom. The van der Waals surface area contributed by atoms with E-state index in [2.05, 4.69) is 168 Å². The SMILES string of the molecule is c1ccc2c(c1)ccc1c2c2c3ccccc3ccc2n1-c1cc(-c2nc(-c3cccc4c3oc3ccccc34)c3ccccc3n2)c2sc3ccccc3c2c1. The molecule has 0 saturated heterocycles. The minimum Gasteiger partial charge on any atom is -0.455 e. The third kappa shape index (κ3) is 4.37. The van der Waals surface area contributed by atoms with Crippen LogP contribution in [0.15, 0.2) is 180 Å². The van der Waals surface area contributed by atoms with Gasteiger partial charge in [0.25, 0.3) is 0 Å². The minimum absolute atomic E-state index is 0.687. The van der Waals surface area contributed by atoms with Crippen LogP contribution < -0.4 is 0 Å². The Morgan fingerprint density at radius 2 is 1.09 bits per heavy atom. The quantitative estimate of drug-likeness (QED) is 0.181. The Hall–Kier alpha value is -7.34. The van der Waals surface area contributed by atoms with Gasteiger partial charge in [0, 0.05) is 63.9 Å². The first kappa shape index (κ1) is 30.9. The van der Waals surface area contributed by atoms with E-state index in [4.69, 9.17) is 14.4 Å². The lowest BCUT2D eigenvalue weighted by Gasteiger charge is -2.14. The summed E-state index contributed by atoms with van der Waals surface area (Å²) in [5.41, 5.74) is 8.81. The lowest BCUT2D eigenvalue weighted by molar-refractivity contribution is 0.670. The van der Waals surface area contributed by atoms with Crippen molar-refractivity contribution in [3.8, 4) is 28.3 Å². The highest BCUT2D eigenvalue weighted by Gasteiger charge is 2.23. The van der Waals surface area contributed by atoms with Gasteiger partial charge in [0.1, 0.15) is 11.2 Å². The summed E-state index contributed by atoms with van der Waals surface area (Å²) in [7, 11) is 0. The zero-order chi connectivity index (χ0) is 37.2. The number of benzene rings is 9. The van der Waals surface area contributed by atoms with Crippen LogP contribution in [0.25, 0.3) is 125 Å². The third-order valence-corrected chi connectivity index (χ3v) is 13.0. The second-order valence-corrected chi connectivity index (χ2v) is 15.9. The van der Waals surface area contributed by atoms with Gasteiger partial charge in [-0.25, -0.2) is 9.97 Å². The molecule has 0 spiro atoms. The van der Waals surface area contributed by atoms with E-state index >= 15 is 0 Å². The average molecular weight is 744 g/mol. The highest BCUT2D eigenvalue weighted by Crippen LogP contribution is 2.46. The van der Waals surface area contributed by atoms with Gasteiger partial charge in [0.15, 0.2) is 5.82 Å². The first-order chi connectivity index (χ1) is 28.3. The van der Waals surface area contributed by atoms with Gasteiger partial charge < -0.3 is 8.98 Å². The summed E-state index contributed by atoms with van der Waals surface area (Å²) < 4.78 is 11.4. The van der Waals surface area contributed by atoms with Gasteiger partial charge in [-0.3, -0.25) is 0 Å². The molecule has 4 aromatic heterocycles. The van der Waals surface area contributed by atoms with Crippen LogP contribution >= 0.6 is 11.3 Å². The standard InChI is InChI=1S/C52H29N3OS/c1-3-14-33-30(12-1)24-26-43-47(33)48-34-15-4-2-13-31(34)25-27-44(48)55(43)32-28-40-36-17-7-10-23-46(36)57-51(40)41(29-32)52-53-42-21-8-5-18-38(42)49(54-52)39-20-11-19-37-35-16-6-9-22-45(35)56-50(37)39/h1-29H. The number of hydrogen-bond donors (Lipinski definition) is 0. The van der Waals surface area contributed by atoms with Crippen molar-refractivity contribution in [2.45, 2.75) is 0 Å². The van der Waals surface area contributed by atoms with E-state index in [0.29, 0.717) is 5.82 Å². The van der Waals surface area contributed by atoms with Crippen molar-refractivity contribution in [2.24, 2.45) is 0 Å². The van der Waals surface area contributed by atoms with Crippen molar-refractivity contribution < 1.29 is 4.42 Å². The maximum atomic E-state index is 6.59. The van der Waals surface area contributed by atoms with Crippen LogP contribution in [0.4, 0.5) is 0 Å². The van der Waals surface area contributed by atoms with Crippen molar-refractivity contribution in [3.63, 3.8) is 0 Å². The largest absolute Gasteiger partial charge is 0.455 e. The molecule has 0 atom stereocenters. The minimum atomic E-state index is 0.687. The smallest absolute Gasteiger partial charge is 0.161 e. The Balaban J connectivity index is 1.16. The molecule has 0 aliphatic heterocycles. The molecule has 0 N–H and O–H groups in total. The van der Waals surface area contributed by atoms with Crippen molar-refractivity contribution >= 4 is 108 Å². The lowest BCUT2D eigenvalue weighted by Crippen LogP contribution is -1.98. The summed E-state index contributed by atoms with van der Waals surface area (Å²) in [6.45, 7) is 0. The molecular weight excluding hydrogens is 715 g/mol. The highest BCUT2D eigenvalue weighted by atomic mass is 32.1. The van der Waals surface area contributed by atoms with Crippen molar-refractivity contribution in [1.29, 1.82) is 0 Å². The molecule has 57 heavy (non-hydrogen) atoms. The van der Waals surface area contributed by atoms with Gasteiger partial charge >= 0.3 is 0 Å². The Labute approximate surface area is 329 Å². The summed E-state index contributed by atoms with van der Waals surface area (Å²) >= 11 is 1.80. The van der Waals surface area contributed by atoms with Gasteiger partial charge in [-0.2, -0.15) is 0 Å². The number of rotatable bonds is 3. The normalized spacial score (nSPS) is 12.2.